The standard InChI is InChI=1S/C23H29N3O5.BrH/c1-6-12-25-14-18(26(16-25)15-20(27)17-10-8-7-9-11-17)13-19(21(28)30-5)24-22(29)31-23(2,3)4;/h6-11,14,16,19H,1,12-13,15H2,2-5H3;1H/t19-;/m0./s1. The van der Waals surface area contributed by atoms with Crippen LogP contribution < -0.4 is 26.9 Å². The molecule has 0 saturated carbocycles. The molecule has 0 bridgehead atoms. The summed E-state index contributed by atoms with van der Waals surface area (Å²) in [6.07, 6.45) is 4.72. The van der Waals surface area contributed by atoms with Crippen LogP contribution in [0.15, 0.2) is 55.5 Å². The summed E-state index contributed by atoms with van der Waals surface area (Å²) >= 11 is 0. The normalized spacial score (nSPS) is 11.6. The number of Topliss-reactive ketones (excluding diaryl/α,β-unsaturated/α-hetero) is 1. The molecule has 1 aromatic carbocycles. The molecule has 0 unspecified atom stereocenters. The molecule has 0 radical (unpaired) electrons. The SMILES string of the molecule is C=CC[n+]1cc(C[C@H](NC(=O)OC(C)(C)C)C(=O)OC)n(CC(=O)c2ccccc2)c1.[Br-]. The van der Waals surface area contributed by atoms with Gasteiger partial charge in [0, 0.05) is 12.0 Å². The summed E-state index contributed by atoms with van der Waals surface area (Å²) in [6, 6.07) is 7.99. The highest BCUT2D eigenvalue weighted by molar-refractivity contribution is 5.95. The average molecular weight is 508 g/mol. The Bertz CT molecular complexity index is 935. The Kier molecular flexibility index (Phi) is 10.3. The van der Waals surface area contributed by atoms with E-state index >= 15 is 0 Å². The molecule has 32 heavy (non-hydrogen) atoms. The zero-order chi connectivity index (χ0) is 23.0. The van der Waals surface area contributed by atoms with Gasteiger partial charge >= 0.3 is 12.1 Å². The Labute approximate surface area is 199 Å². The lowest BCUT2D eigenvalue weighted by Gasteiger charge is -2.22. The molecule has 1 atom stereocenters. The van der Waals surface area contributed by atoms with Crippen molar-refractivity contribution in [2.24, 2.45) is 0 Å². The topological polar surface area (TPSA) is 90.5 Å². The van der Waals surface area contributed by atoms with Gasteiger partial charge in [-0.05, 0) is 20.8 Å². The monoisotopic (exact) mass is 507 g/mol. The zero-order valence-electron chi connectivity index (χ0n) is 18.8. The van der Waals surface area contributed by atoms with Crippen LogP contribution in [-0.4, -0.2) is 41.2 Å². The second-order valence-corrected chi connectivity index (χ2v) is 8.06. The number of halogens is 1. The van der Waals surface area contributed by atoms with Gasteiger partial charge in [0.2, 0.25) is 12.1 Å². The van der Waals surface area contributed by atoms with Crippen LogP contribution in [-0.2, 0) is 33.8 Å². The van der Waals surface area contributed by atoms with Crippen LogP contribution in [0.25, 0.3) is 0 Å². The van der Waals surface area contributed by atoms with Crippen LogP contribution >= 0.6 is 0 Å². The maximum absolute atomic E-state index is 12.7. The third kappa shape index (κ3) is 8.30. The van der Waals surface area contributed by atoms with Crippen molar-refractivity contribution < 1.29 is 45.4 Å². The molecule has 0 spiro atoms. The molecule has 1 heterocycles. The van der Waals surface area contributed by atoms with E-state index in [2.05, 4.69) is 11.9 Å². The van der Waals surface area contributed by atoms with E-state index in [-0.39, 0.29) is 35.7 Å². The van der Waals surface area contributed by atoms with Crippen molar-refractivity contribution in [3.05, 3.63) is 66.8 Å². The van der Waals surface area contributed by atoms with Crippen molar-refractivity contribution >= 4 is 17.8 Å². The van der Waals surface area contributed by atoms with Gasteiger partial charge in [-0.15, -0.1) is 0 Å². The van der Waals surface area contributed by atoms with Crippen LogP contribution in [0.3, 0.4) is 0 Å². The fourth-order valence-electron chi connectivity index (χ4n) is 2.98. The van der Waals surface area contributed by atoms with Crippen LogP contribution in [0.4, 0.5) is 4.79 Å². The van der Waals surface area contributed by atoms with E-state index in [1.54, 1.807) is 62.0 Å². The highest BCUT2D eigenvalue weighted by atomic mass is 79.9. The maximum atomic E-state index is 12.7. The molecule has 8 nitrogen and oxygen atoms in total. The van der Waals surface area contributed by atoms with Gasteiger partial charge in [-0.25, -0.2) is 18.7 Å². The van der Waals surface area contributed by atoms with Gasteiger partial charge in [-0.1, -0.05) is 43.0 Å². The van der Waals surface area contributed by atoms with Crippen molar-refractivity contribution in [3.63, 3.8) is 0 Å². The number of alkyl carbamates (subject to hydrolysis) is 1. The minimum atomic E-state index is -0.975. The van der Waals surface area contributed by atoms with Crippen LogP contribution in [0.5, 0.6) is 0 Å². The highest BCUT2D eigenvalue weighted by Gasteiger charge is 2.29. The number of rotatable bonds is 9. The largest absolute Gasteiger partial charge is 1.00 e. The minimum Gasteiger partial charge on any atom is -1.00 e. The number of esters is 1. The Morgan fingerprint density at radius 3 is 2.44 bits per heavy atom. The first-order valence-electron chi connectivity index (χ1n) is 9.97. The fraction of sp³-hybridized carbons (Fsp3) is 0.391. The van der Waals surface area contributed by atoms with Gasteiger partial charge in [0.1, 0.15) is 30.1 Å². The number of benzene rings is 1. The first kappa shape index (κ1) is 27.1. The van der Waals surface area contributed by atoms with Gasteiger partial charge in [0.25, 0.3) is 0 Å². The van der Waals surface area contributed by atoms with E-state index in [0.717, 1.165) is 0 Å². The third-order valence-electron chi connectivity index (χ3n) is 4.31. The predicted molar refractivity (Wildman–Crippen MR) is 114 cm³/mol. The Balaban J connectivity index is 0.00000512. The summed E-state index contributed by atoms with van der Waals surface area (Å²) in [4.78, 5) is 37.2. The molecule has 2 rings (SSSR count). The van der Waals surface area contributed by atoms with Crippen molar-refractivity contribution in [3.8, 4) is 0 Å². The van der Waals surface area contributed by atoms with E-state index in [9.17, 15) is 14.4 Å². The lowest BCUT2D eigenvalue weighted by atomic mass is 10.1. The number of methoxy groups -OCH3 is 1. The molecule has 9 heteroatoms. The average Bonchev–Trinajstić information content (AvgIpc) is 3.07. The quantitative estimate of drug-likeness (QED) is 0.213. The number of allylic oxidation sites excluding steroid dienone is 1. The van der Waals surface area contributed by atoms with Crippen LogP contribution in [0.1, 0.15) is 36.8 Å². The first-order valence-corrected chi connectivity index (χ1v) is 9.97. The molecule has 0 aliphatic heterocycles. The fourth-order valence-corrected chi connectivity index (χ4v) is 2.98. The molecular weight excluding hydrogens is 478 g/mol. The van der Waals surface area contributed by atoms with Crippen molar-refractivity contribution in [1.82, 2.24) is 9.88 Å². The van der Waals surface area contributed by atoms with Crippen molar-refractivity contribution in [1.29, 1.82) is 0 Å². The van der Waals surface area contributed by atoms with E-state index in [4.69, 9.17) is 9.47 Å². The van der Waals surface area contributed by atoms with Crippen LogP contribution in [0.2, 0.25) is 0 Å². The molecule has 2 aromatic rings. The second-order valence-electron chi connectivity index (χ2n) is 8.06. The number of imidazole rings is 1. The number of carbonyl (C=O) groups excluding carboxylic acids is 3. The summed E-state index contributed by atoms with van der Waals surface area (Å²) in [5.41, 5.74) is 0.562. The van der Waals surface area contributed by atoms with Crippen molar-refractivity contribution in [2.75, 3.05) is 7.11 Å². The van der Waals surface area contributed by atoms with E-state index in [1.807, 2.05) is 16.8 Å². The molecule has 1 aromatic heterocycles. The number of aromatic nitrogens is 2. The van der Waals surface area contributed by atoms with Crippen LogP contribution in [0, 0.1) is 0 Å². The minimum absolute atomic E-state index is 0. The lowest BCUT2D eigenvalue weighted by molar-refractivity contribution is -0.686. The number of ketones is 1. The van der Waals surface area contributed by atoms with Gasteiger partial charge in [-0.2, -0.15) is 0 Å². The predicted octanol–water partition coefficient (Wildman–Crippen LogP) is -0.543. The van der Waals surface area contributed by atoms with Gasteiger partial charge < -0.3 is 31.8 Å². The Hall–Kier alpha value is -2.94. The summed E-state index contributed by atoms with van der Waals surface area (Å²) in [6.45, 7) is 9.55. The lowest BCUT2D eigenvalue weighted by Crippen LogP contribution is -3.00. The molecular formula is C23H30BrN3O5. The molecule has 0 aliphatic carbocycles. The number of ether oxygens (including phenoxy) is 2. The number of amides is 1. The summed E-state index contributed by atoms with van der Waals surface area (Å²) < 4.78 is 13.7. The molecule has 0 fully saturated rings. The second kappa shape index (κ2) is 12.2. The smallest absolute Gasteiger partial charge is 0.408 e. The number of nitrogens with one attached hydrogen (secondary N) is 1. The number of hydrogen-bond acceptors (Lipinski definition) is 5. The van der Waals surface area contributed by atoms with E-state index in [0.29, 0.717) is 17.8 Å². The number of nitrogens with zero attached hydrogens (tertiary/aromatic N) is 2. The highest BCUT2D eigenvalue weighted by Crippen LogP contribution is 2.10. The van der Waals surface area contributed by atoms with Gasteiger partial charge in [-0.3, -0.25) is 4.79 Å². The number of hydrogen-bond donors (Lipinski definition) is 1. The molecule has 0 aliphatic rings. The van der Waals surface area contributed by atoms with Gasteiger partial charge in [0.15, 0.2) is 6.54 Å². The number of carbonyl (C=O) groups is 3. The summed E-state index contributed by atoms with van der Waals surface area (Å²) in [7, 11) is 1.25. The molecule has 0 saturated heterocycles. The Morgan fingerprint density at radius 2 is 1.88 bits per heavy atom. The van der Waals surface area contributed by atoms with Gasteiger partial charge in [0.05, 0.1) is 7.11 Å². The van der Waals surface area contributed by atoms with E-state index in [1.165, 1.54) is 7.11 Å². The maximum Gasteiger partial charge on any atom is 0.408 e. The summed E-state index contributed by atoms with van der Waals surface area (Å²) in [5, 5.41) is 2.56. The molecule has 1 N–H and O–H groups in total. The summed E-state index contributed by atoms with van der Waals surface area (Å²) in [5.74, 6) is -0.679. The molecule has 1 amide bonds. The zero-order valence-corrected chi connectivity index (χ0v) is 20.4. The first-order chi connectivity index (χ1) is 14.6. The molecule has 174 valence electrons. The Morgan fingerprint density at radius 1 is 1.22 bits per heavy atom. The van der Waals surface area contributed by atoms with Crippen molar-refractivity contribution in [2.45, 2.75) is 51.9 Å². The van der Waals surface area contributed by atoms with E-state index < -0.39 is 23.7 Å². The third-order valence-corrected chi connectivity index (χ3v) is 4.31.